The van der Waals surface area contributed by atoms with E-state index in [-0.39, 0.29) is 16.5 Å². The van der Waals surface area contributed by atoms with Gasteiger partial charge in [-0.25, -0.2) is 13.8 Å². The van der Waals surface area contributed by atoms with E-state index < -0.39 is 11.7 Å². The standard InChI is InChI=1S/C15H9F2N3OS2/c16-9-3-1-8(2-4-9)13(21)19-14(22)20-15-18-11-6-5-10(17)7-12(11)23-15/h1-7H,(H2,18,19,20,21,22). The largest absolute Gasteiger partial charge is 0.308 e. The van der Waals surface area contributed by atoms with Crippen LogP contribution in [0.3, 0.4) is 0 Å². The number of anilines is 1. The fourth-order valence-electron chi connectivity index (χ4n) is 1.86. The molecule has 0 aliphatic heterocycles. The minimum Gasteiger partial charge on any atom is -0.308 e. The third-order valence-electron chi connectivity index (χ3n) is 2.90. The molecule has 0 aliphatic rings. The molecular weight excluding hydrogens is 340 g/mol. The summed E-state index contributed by atoms with van der Waals surface area (Å²) in [6, 6.07) is 9.34. The van der Waals surface area contributed by atoms with Crippen LogP contribution in [0.1, 0.15) is 10.4 Å². The number of aromatic nitrogens is 1. The molecule has 3 aromatic rings. The molecule has 0 spiro atoms. The van der Waals surface area contributed by atoms with Crippen molar-refractivity contribution in [2.24, 2.45) is 0 Å². The molecule has 0 atom stereocenters. The maximum absolute atomic E-state index is 13.1. The lowest BCUT2D eigenvalue weighted by molar-refractivity contribution is 0.0977. The van der Waals surface area contributed by atoms with Crippen molar-refractivity contribution in [3.05, 3.63) is 59.7 Å². The predicted octanol–water partition coefficient (Wildman–Crippen LogP) is 3.70. The van der Waals surface area contributed by atoms with Gasteiger partial charge >= 0.3 is 0 Å². The summed E-state index contributed by atoms with van der Waals surface area (Å²) in [7, 11) is 0. The summed E-state index contributed by atoms with van der Waals surface area (Å²) >= 11 is 6.26. The first-order valence-electron chi connectivity index (χ1n) is 6.45. The topological polar surface area (TPSA) is 54.0 Å². The van der Waals surface area contributed by atoms with Crippen LogP contribution >= 0.6 is 23.6 Å². The minimum atomic E-state index is -0.463. The number of carbonyl (C=O) groups excluding carboxylic acids is 1. The molecule has 1 aromatic heterocycles. The van der Waals surface area contributed by atoms with Gasteiger partial charge < -0.3 is 5.32 Å². The number of fused-ring (bicyclic) bond motifs is 1. The molecule has 2 N–H and O–H groups in total. The van der Waals surface area contributed by atoms with Crippen LogP contribution in [0.25, 0.3) is 10.2 Å². The van der Waals surface area contributed by atoms with Gasteiger partial charge in [-0.3, -0.25) is 10.1 Å². The summed E-state index contributed by atoms with van der Waals surface area (Å²) in [6.07, 6.45) is 0. The first kappa shape index (κ1) is 15.4. The van der Waals surface area contributed by atoms with Crippen molar-refractivity contribution >= 4 is 49.9 Å². The van der Waals surface area contributed by atoms with Crippen LogP contribution in [-0.4, -0.2) is 16.0 Å². The van der Waals surface area contributed by atoms with Crippen LogP contribution in [0.2, 0.25) is 0 Å². The summed E-state index contributed by atoms with van der Waals surface area (Å²) in [5, 5.41) is 5.74. The van der Waals surface area contributed by atoms with Gasteiger partial charge in [0, 0.05) is 5.56 Å². The van der Waals surface area contributed by atoms with E-state index in [1.165, 1.54) is 47.7 Å². The van der Waals surface area contributed by atoms with Gasteiger partial charge in [0.2, 0.25) is 0 Å². The van der Waals surface area contributed by atoms with E-state index in [0.717, 1.165) is 0 Å². The van der Waals surface area contributed by atoms with Crippen LogP contribution in [0.15, 0.2) is 42.5 Å². The summed E-state index contributed by atoms with van der Waals surface area (Å²) in [6.45, 7) is 0. The fourth-order valence-corrected chi connectivity index (χ4v) is 3.01. The molecule has 0 bridgehead atoms. The lowest BCUT2D eigenvalue weighted by Gasteiger charge is -2.06. The normalized spacial score (nSPS) is 10.5. The van der Waals surface area contributed by atoms with E-state index in [2.05, 4.69) is 15.6 Å². The Labute approximate surface area is 139 Å². The second-order valence-electron chi connectivity index (χ2n) is 4.55. The molecule has 1 amide bonds. The number of thiazole rings is 1. The van der Waals surface area contributed by atoms with Crippen molar-refractivity contribution in [2.75, 3.05) is 5.32 Å². The van der Waals surface area contributed by atoms with Gasteiger partial charge in [-0.15, -0.1) is 0 Å². The van der Waals surface area contributed by atoms with Crippen LogP contribution in [0.4, 0.5) is 13.9 Å². The summed E-state index contributed by atoms with van der Waals surface area (Å²) in [4.78, 5) is 16.2. The predicted molar refractivity (Wildman–Crippen MR) is 89.7 cm³/mol. The molecule has 0 aliphatic carbocycles. The van der Waals surface area contributed by atoms with Gasteiger partial charge in [0.1, 0.15) is 11.6 Å². The van der Waals surface area contributed by atoms with Crippen molar-refractivity contribution in [3.8, 4) is 0 Å². The zero-order chi connectivity index (χ0) is 16.4. The Bertz CT molecular complexity index is 893. The van der Waals surface area contributed by atoms with Gasteiger partial charge in [-0.05, 0) is 54.7 Å². The number of thiocarbonyl (C=S) groups is 1. The molecule has 0 unspecified atom stereocenters. The Morgan fingerprint density at radius 2 is 1.78 bits per heavy atom. The van der Waals surface area contributed by atoms with Gasteiger partial charge in [0.25, 0.3) is 5.91 Å². The number of benzene rings is 2. The molecule has 8 heteroatoms. The molecule has 23 heavy (non-hydrogen) atoms. The van der Waals surface area contributed by atoms with Gasteiger partial charge in [-0.2, -0.15) is 0 Å². The van der Waals surface area contributed by atoms with Crippen molar-refractivity contribution in [1.29, 1.82) is 0 Å². The Morgan fingerprint density at radius 3 is 2.52 bits per heavy atom. The highest BCUT2D eigenvalue weighted by atomic mass is 32.1. The number of amides is 1. The van der Waals surface area contributed by atoms with Gasteiger partial charge in [0.05, 0.1) is 10.2 Å². The van der Waals surface area contributed by atoms with Crippen LogP contribution < -0.4 is 10.6 Å². The molecule has 0 radical (unpaired) electrons. The zero-order valence-corrected chi connectivity index (χ0v) is 13.1. The monoisotopic (exact) mass is 349 g/mol. The molecule has 116 valence electrons. The molecule has 2 aromatic carbocycles. The van der Waals surface area contributed by atoms with Crippen LogP contribution in [0.5, 0.6) is 0 Å². The number of nitrogens with zero attached hydrogens (tertiary/aromatic N) is 1. The third kappa shape index (κ3) is 3.66. The smallest absolute Gasteiger partial charge is 0.257 e. The summed E-state index contributed by atoms with van der Waals surface area (Å²) < 4.78 is 26.6. The number of hydrogen-bond donors (Lipinski definition) is 2. The minimum absolute atomic E-state index is 0.0545. The Balaban J connectivity index is 1.68. The fraction of sp³-hybridized carbons (Fsp3) is 0. The van der Waals surface area contributed by atoms with Gasteiger partial charge in [-0.1, -0.05) is 11.3 Å². The highest BCUT2D eigenvalue weighted by molar-refractivity contribution is 7.80. The second kappa shape index (κ2) is 6.35. The van der Waals surface area contributed by atoms with Crippen molar-refractivity contribution in [2.45, 2.75) is 0 Å². The summed E-state index contributed by atoms with van der Waals surface area (Å²) in [5.41, 5.74) is 0.911. The first-order valence-corrected chi connectivity index (χ1v) is 7.68. The number of carbonyl (C=O) groups is 1. The van der Waals surface area contributed by atoms with Crippen molar-refractivity contribution < 1.29 is 13.6 Å². The lowest BCUT2D eigenvalue weighted by atomic mass is 10.2. The van der Waals surface area contributed by atoms with Crippen LogP contribution in [-0.2, 0) is 0 Å². The maximum Gasteiger partial charge on any atom is 0.257 e. The molecule has 0 saturated heterocycles. The second-order valence-corrected chi connectivity index (χ2v) is 5.99. The van der Waals surface area contributed by atoms with Crippen molar-refractivity contribution in [1.82, 2.24) is 10.3 Å². The van der Waals surface area contributed by atoms with E-state index in [9.17, 15) is 13.6 Å². The van der Waals surface area contributed by atoms with E-state index in [0.29, 0.717) is 15.3 Å². The highest BCUT2D eigenvalue weighted by Gasteiger charge is 2.10. The SMILES string of the molecule is O=C(NC(=S)Nc1nc2ccc(F)cc2s1)c1ccc(F)cc1. The summed E-state index contributed by atoms with van der Waals surface area (Å²) in [5.74, 6) is -1.24. The first-order chi connectivity index (χ1) is 11.0. The number of rotatable bonds is 2. The average Bonchev–Trinajstić information content (AvgIpc) is 2.88. The molecule has 3 rings (SSSR count). The van der Waals surface area contributed by atoms with Gasteiger partial charge in [0.15, 0.2) is 10.2 Å². The zero-order valence-electron chi connectivity index (χ0n) is 11.5. The number of halogens is 2. The third-order valence-corrected chi connectivity index (χ3v) is 4.04. The quantitative estimate of drug-likeness (QED) is 0.693. The lowest BCUT2D eigenvalue weighted by Crippen LogP contribution is -2.34. The van der Waals surface area contributed by atoms with E-state index in [1.807, 2.05) is 0 Å². The van der Waals surface area contributed by atoms with Crippen LogP contribution in [0, 0.1) is 11.6 Å². The van der Waals surface area contributed by atoms with E-state index >= 15 is 0 Å². The molecule has 0 fully saturated rings. The Hall–Kier alpha value is -2.45. The Kier molecular flexibility index (Phi) is 4.26. The molecule has 1 heterocycles. The Morgan fingerprint density at radius 1 is 1.09 bits per heavy atom. The number of nitrogens with one attached hydrogen (secondary N) is 2. The maximum atomic E-state index is 13.1. The molecule has 4 nitrogen and oxygen atoms in total. The highest BCUT2D eigenvalue weighted by Crippen LogP contribution is 2.26. The van der Waals surface area contributed by atoms with E-state index in [4.69, 9.17) is 12.2 Å². The number of hydrogen-bond acceptors (Lipinski definition) is 4. The molecule has 0 saturated carbocycles. The molecular formula is C15H9F2N3OS2. The van der Waals surface area contributed by atoms with Crippen molar-refractivity contribution in [3.63, 3.8) is 0 Å². The van der Waals surface area contributed by atoms with E-state index in [1.54, 1.807) is 6.07 Å². The average molecular weight is 349 g/mol.